The molecule has 20 heavy (non-hydrogen) atoms. The quantitative estimate of drug-likeness (QED) is 0.939. The van der Waals surface area contributed by atoms with E-state index >= 15 is 0 Å². The van der Waals surface area contributed by atoms with Gasteiger partial charge in [0.2, 0.25) is 0 Å². The standard InChI is InChI=1S/C15H14N2O2S/c16-9-13(17-10-12-2-1-7-20-12)11-3-4-14-15(8-11)19-6-5-18-14/h1-4,7-8,13,17H,5-6,10H2. The third kappa shape index (κ3) is 2.77. The molecule has 1 aliphatic heterocycles. The number of benzene rings is 1. The minimum atomic E-state index is -0.354. The summed E-state index contributed by atoms with van der Waals surface area (Å²) in [4.78, 5) is 1.21. The molecule has 5 heteroatoms. The van der Waals surface area contributed by atoms with Crippen LogP contribution >= 0.6 is 11.3 Å². The van der Waals surface area contributed by atoms with Gasteiger partial charge in [-0.1, -0.05) is 12.1 Å². The molecule has 1 unspecified atom stereocenters. The van der Waals surface area contributed by atoms with E-state index in [1.165, 1.54) is 4.88 Å². The van der Waals surface area contributed by atoms with E-state index in [4.69, 9.17) is 9.47 Å². The molecule has 0 spiro atoms. The third-order valence-corrected chi connectivity index (χ3v) is 3.97. The van der Waals surface area contributed by atoms with E-state index in [-0.39, 0.29) is 6.04 Å². The van der Waals surface area contributed by atoms with Crippen molar-refractivity contribution in [3.05, 3.63) is 46.2 Å². The lowest BCUT2D eigenvalue weighted by Crippen LogP contribution is -2.20. The number of nitriles is 1. The Morgan fingerprint density at radius 1 is 1.25 bits per heavy atom. The van der Waals surface area contributed by atoms with E-state index in [2.05, 4.69) is 17.5 Å². The van der Waals surface area contributed by atoms with Gasteiger partial charge in [0, 0.05) is 11.4 Å². The molecular weight excluding hydrogens is 272 g/mol. The second-order valence-electron chi connectivity index (χ2n) is 4.43. The summed E-state index contributed by atoms with van der Waals surface area (Å²) >= 11 is 1.68. The first-order valence-electron chi connectivity index (χ1n) is 6.42. The monoisotopic (exact) mass is 286 g/mol. The molecule has 0 bridgehead atoms. The van der Waals surface area contributed by atoms with Gasteiger partial charge in [-0.15, -0.1) is 11.3 Å². The van der Waals surface area contributed by atoms with Gasteiger partial charge < -0.3 is 9.47 Å². The van der Waals surface area contributed by atoms with Crippen LogP contribution in [0.1, 0.15) is 16.5 Å². The molecule has 0 amide bonds. The second kappa shape index (κ2) is 5.95. The Morgan fingerprint density at radius 2 is 2.10 bits per heavy atom. The molecule has 3 rings (SSSR count). The summed E-state index contributed by atoms with van der Waals surface area (Å²) in [5, 5.41) is 14.6. The molecule has 2 aromatic rings. The fraction of sp³-hybridized carbons (Fsp3) is 0.267. The second-order valence-corrected chi connectivity index (χ2v) is 5.46. The zero-order valence-corrected chi connectivity index (χ0v) is 11.7. The highest BCUT2D eigenvalue weighted by Gasteiger charge is 2.16. The third-order valence-electron chi connectivity index (χ3n) is 3.09. The van der Waals surface area contributed by atoms with Gasteiger partial charge in [-0.3, -0.25) is 5.32 Å². The number of nitrogens with one attached hydrogen (secondary N) is 1. The Labute approximate surface area is 121 Å². The maximum atomic E-state index is 9.33. The lowest BCUT2D eigenvalue weighted by Gasteiger charge is -2.20. The van der Waals surface area contributed by atoms with Crippen LogP contribution in [-0.4, -0.2) is 13.2 Å². The summed E-state index contributed by atoms with van der Waals surface area (Å²) < 4.78 is 11.0. The van der Waals surface area contributed by atoms with Crippen molar-refractivity contribution >= 4 is 11.3 Å². The van der Waals surface area contributed by atoms with Crippen LogP contribution in [0.15, 0.2) is 35.7 Å². The van der Waals surface area contributed by atoms with Gasteiger partial charge >= 0.3 is 0 Å². The molecule has 2 heterocycles. The zero-order chi connectivity index (χ0) is 13.8. The first kappa shape index (κ1) is 13.0. The molecule has 102 valence electrons. The molecule has 1 atom stereocenters. The Kier molecular flexibility index (Phi) is 3.86. The van der Waals surface area contributed by atoms with Crippen molar-refractivity contribution in [2.24, 2.45) is 0 Å². The lowest BCUT2D eigenvalue weighted by atomic mass is 10.1. The van der Waals surface area contributed by atoms with Gasteiger partial charge in [-0.2, -0.15) is 5.26 Å². The van der Waals surface area contributed by atoms with Crippen LogP contribution in [0.5, 0.6) is 11.5 Å². The molecule has 1 aromatic heterocycles. The number of rotatable bonds is 4. The molecule has 0 saturated heterocycles. The Bertz CT molecular complexity index is 619. The van der Waals surface area contributed by atoms with E-state index in [1.54, 1.807) is 11.3 Å². The van der Waals surface area contributed by atoms with Crippen LogP contribution in [0.3, 0.4) is 0 Å². The SMILES string of the molecule is N#CC(NCc1cccs1)c1ccc2c(c1)OCCO2. The van der Waals surface area contributed by atoms with Crippen molar-refractivity contribution in [3.63, 3.8) is 0 Å². The molecule has 4 nitrogen and oxygen atoms in total. The molecule has 0 aliphatic carbocycles. The summed E-state index contributed by atoms with van der Waals surface area (Å²) in [6.07, 6.45) is 0. The maximum absolute atomic E-state index is 9.33. The van der Waals surface area contributed by atoms with E-state index in [9.17, 15) is 5.26 Å². The first-order valence-corrected chi connectivity index (χ1v) is 7.30. The van der Waals surface area contributed by atoms with Gasteiger partial charge in [-0.25, -0.2) is 0 Å². The van der Waals surface area contributed by atoms with Crippen molar-refractivity contribution < 1.29 is 9.47 Å². The number of hydrogen-bond acceptors (Lipinski definition) is 5. The molecule has 1 aromatic carbocycles. The first-order chi connectivity index (χ1) is 9.86. The smallest absolute Gasteiger partial charge is 0.161 e. The van der Waals surface area contributed by atoms with Gasteiger partial charge in [0.25, 0.3) is 0 Å². The van der Waals surface area contributed by atoms with Crippen LogP contribution < -0.4 is 14.8 Å². The van der Waals surface area contributed by atoms with Crippen molar-refractivity contribution in [1.29, 1.82) is 5.26 Å². The normalized spacial score (nSPS) is 14.6. The maximum Gasteiger partial charge on any atom is 0.161 e. The fourth-order valence-electron chi connectivity index (χ4n) is 2.09. The molecular formula is C15H14N2O2S. The minimum Gasteiger partial charge on any atom is -0.486 e. The molecule has 0 saturated carbocycles. The summed E-state index contributed by atoms with van der Waals surface area (Å²) in [5.41, 5.74) is 0.897. The molecule has 0 fully saturated rings. The summed E-state index contributed by atoms with van der Waals surface area (Å²) in [5.74, 6) is 1.46. The summed E-state index contributed by atoms with van der Waals surface area (Å²) in [6, 6.07) is 11.6. The van der Waals surface area contributed by atoms with E-state index in [1.807, 2.05) is 29.6 Å². The Morgan fingerprint density at radius 3 is 2.85 bits per heavy atom. The fourth-order valence-corrected chi connectivity index (χ4v) is 2.75. The average Bonchev–Trinajstić information content (AvgIpc) is 3.01. The lowest BCUT2D eigenvalue weighted by molar-refractivity contribution is 0.171. The number of thiophene rings is 1. The molecule has 1 N–H and O–H groups in total. The van der Waals surface area contributed by atoms with Crippen LogP contribution in [0.2, 0.25) is 0 Å². The van der Waals surface area contributed by atoms with Gasteiger partial charge in [0.15, 0.2) is 11.5 Å². The Hall–Kier alpha value is -2.03. The minimum absolute atomic E-state index is 0.354. The average molecular weight is 286 g/mol. The van der Waals surface area contributed by atoms with Crippen LogP contribution in [0.4, 0.5) is 0 Å². The largest absolute Gasteiger partial charge is 0.486 e. The zero-order valence-electron chi connectivity index (χ0n) is 10.8. The highest BCUT2D eigenvalue weighted by molar-refractivity contribution is 7.09. The van der Waals surface area contributed by atoms with Crippen LogP contribution in [0.25, 0.3) is 0 Å². The van der Waals surface area contributed by atoms with Crippen LogP contribution in [0, 0.1) is 11.3 Å². The number of hydrogen-bond donors (Lipinski definition) is 1. The van der Waals surface area contributed by atoms with Gasteiger partial charge in [0.05, 0.1) is 6.07 Å². The van der Waals surface area contributed by atoms with Gasteiger partial charge in [0.1, 0.15) is 19.3 Å². The van der Waals surface area contributed by atoms with E-state index < -0.39 is 0 Å². The van der Waals surface area contributed by atoms with Gasteiger partial charge in [-0.05, 0) is 29.1 Å². The van der Waals surface area contributed by atoms with Crippen molar-refractivity contribution in [1.82, 2.24) is 5.32 Å². The van der Waals surface area contributed by atoms with E-state index in [0.717, 1.165) is 11.3 Å². The molecule has 1 aliphatic rings. The van der Waals surface area contributed by atoms with Crippen LogP contribution in [-0.2, 0) is 6.54 Å². The number of ether oxygens (including phenoxy) is 2. The summed E-state index contributed by atoms with van der Waals surface area (Å²) in [7, 11) is 0. The summed E-state index contributed by atoms with van der Waals surface area (Å²) in [6.45, 7) is 1.81. The van der Waals surface area contributed by atoms with Crippen molar-refractivity contribution in [2.75, 3.05) is 13.2 Å². The predicted octanol–water partition coefficient (Wildman–Crippen LogP) is 2.87. The van der Waals surface area contributed by atoms with Crippen molar-refractivity contribution in [3.8, 4) is 17.6 Å². The topological polar surface area (TPSA) is 54.3 Å². The highest BCUT2D eigenvalue weighted by Crippen LogP contribution is 2.32. The number of nitrogens with zero attached hydrogens (tertiary/aromatic N) is 1. The molecule has 0 radical (unpaired) electrons. The predicted molar refractivity (Wildman–Crippen MR) is 76.9 cm³/mol. The van der Waals surface area contributed by atoms with E-state index in [0.29, 0.717) is 25.5 Å². The number of fused-ring (bicyclic) bond motifs is 1. The highest BCUT2D eigenvalue weighted by atomic mass is 32.1. The Balaban J connectivity index is 1.74. The van der Waals surface area contributed by atoms with Crippen molar-refractivity contribution in [2.45, 2.75) is 12.6 Å².